The molecule has 1 atom stereocenters. The highest BCUT2D eigenvalue weighted by Crippen LogP contribution is 2.26. The van der Waals surface area contributed by atoms with Crippen LogP contribution in [0.4, 0.5) is 11.5 Å². The summed E-state index contributed by atoms with van der Waals surface area (Å²) in [7, 11) is 1.87. The molecule has 1 aliphatic heterocycles. The number of hydrogen-bond acceptors (Lipinski definition) is 3. The second kappa shape index (κ2) is 5.40. The van der Waals surface area contributed by atoms with E-state index in [2.05, 4.69) is 27.5 Å². The average Bonchev–Trinajstić information content (AvgIpc) is 3.17. The Morgan fingerprint density at radius 1 is 1.25 bits per heavy atom. The molecule has 1 aliphatic rings. The molecule has 3 heterocycles. The van der Waals surface area contributed by atoms with Crippen LogP contribution in [0.3, 0.4) is 0 Å². The van der Waals surface area contributed by atoms with Crippen LogP contribution in [0.2, 0.25) is 0 Å². The molecule has 1 fully saturated rings. The van der Waals surface area contributed by atoms with Gasteiger partial charge in [0, 0.05) is 41.9 Å². The second-order valence-electron chi connectivity index (χ2n) is 6.50. The van der Waals surface area contributed by atoms with Gasteiger partial charge in [-0.2, -0.15) is 5.10 Å². The normalized spacial score (nSPS) is 17.9. The van der Waals surface area contributed by atoms with Gasteiger partial charge in [0.2, 0.25) is 0 Å². The average molecular weight is 323 g/mol. The number of amides is 1. The van der Waals surface area contributed by atoms with Gasteiger partial charge < -0.3 is 10.3 Å². The summed E-state index contributed by atoms with van der Waals surface area (Å²) in [6.07, 6.45) is 0.785. The van der Waals surface area contributed by atoms with E-state index in [0.717, 1.165) is 40.2 Å². The van der Waals surface area contributed by atoms with E-state index in [-0.39, 0.29) is 11.9 Å². The topological polar surface area (TPSA) is 65.9 Å². The van der Waals surface area contributed by atoms with Gasteiger partial charge in [0.1, 0.15) is 11.9 Å². The van der Waals surface area contributed by atoms with E-state index < -0.39 is 0 Å². The minimum absolute atomic E-state index is 0.100. The second-order valence-corrected chi connectivity index (χ2v) is 6.50. The predicted octanol–water partition coefficient (Wildman–Crippen LogP) is 2.74. The van der Waals surface area contributed by atoms with Crippen LogP contribution in [-0.2, 0) is 11.8 Å². The first kappa shape index (κ1) is 14.8. The van der Waals surface area contributed by atoms with Gasteiger partial charge in [-0.05, 0) is 44.5 Å². The molecule has 0 bridgehead atoms. The highest BCUT2D eigenvalue weighted by Gasteiger charge is 2.34. The van der Waals surface area contributed by atoms with E-state index >= 15 is 0 Å². The number of anilines is 2. The fourth-order valence-electron chi connectivity index (χ4n) is 3.46. The zero-order chi connectivity index (χ0) is 16.8. The number of benzene rings is 1. The number of nitrogens with one attached hydrogen (secondary N) is 2. The van der Waals surface area contributed by atoms with Crippen molar-refractivity contribution in [2.24, 2.45) is 7.05 Å². The molecule has 4 rings (SSSR count). The first-order valence-corrected chi connectivity index (χ1v) is 8.19. The van der Waals surface area contributed by atoms with Crippen LogP contribution in [0.5, 0.6) is 0 Å². The van der Waals surface area contributed by atoms with Gasteiger partial charge in [-0.3, -0.25) is 14.4 Å². The van der Waals surface area contributed by atoms with Crippen molar-refractivity contribution < 1.29 is 4.79 Å². The zero-order valence-electron chi connectivity index (χ0n) is 14.1. The third kappa shape index (κ3) is 2.44. The van der Waals surface area contributed by atoms with Crippen molar-refractivity contribution in [3.05, 3.63) is 41.7 Å². The van der Waals surface area contributed by atoms with E-state index in [1.54, 1.807) is 4.68 Å². The maximum absolute atomic E-state index is 12.8. The molecule has 0 spiro atoms. The molecule has 2 aromatic heterocycles. The van der Waals surface area contributed by atoms with Crippen molar-refractivity contribution in [2.75, 3.05) is 16.8 Å². The number of fused-ring (bicyclic) bond motifs is 1. The highest BCUT2D eigenvalue weighted by atomic mass is 16.2. The number of aryl methyl sites for hydroxylation is 3. The van der Waals surface area contributed by atoms with E-state index in [1.165, 1.54) is 0 Å². The van der Waals surface area contributed by atoms with Crippen LogP contribution >= 0.6 is 0 Å². The van der Waals surface area contributed by atoms with Crippen LogP contribution in [0.15, 0.2) is 30.3 Å². The van der Waals surface area contributed by atoms with Gasteiger partial charge in [0.25, 0.3) is 5.91 Å². The molecule has 6 nitrogen and oxygen atoms in total. The van der Waals surface area contributed by atoms with Crippen molar-refractivity contribution in [1.82, 2.24) is 14.8 Å². The number of carbonyl (C=O) groups excluding carboxylic acids is 1. The van der Waals surface area contributed by atoms with Crippen LogP contribution < -0.4 is 10.2 Å². The first-order chi connectivity index (χ1) is 11.5. The van der Waals surface area contributed by atoms with Crippen LogP contribution in [0.25, 0.3) is 10.9 Å². The molecular formula is C18H21N5O. The van der Waals surface area contributed by atoms with Gasteiger partial charge in [-0.1, -0.05) is 0 Å². The van der Waals surface area contributed by atoms with Gasteiger partial charge in [-0.25, -0.2) is 0 Å². The summed E-state index contributed by atoms with van der Waals surface area (Å²) in [4.78, 5) is 17.9. The number of nitrogens with zero attached hydrogens (tertiary/aromatic N) is 3. The Bertz CT molecular complexity index is 923. The summed E-state index contributed by atoms with van der Waals surface area (Å²) in [5.74, 6) is 0.960. The molecule has 1 aromatic carbocycles. The fraction of sp³-hybridized carbons (Fsp3) is 0.333. The SMILES string of the molecule is Cc1cc(N2CCC(Nc3ccc4[nH]c(C)cc4c3)C2=O)n(C)n1. The lowest BCUT2D eigenvalue weighted by Gasteiger charge is -2.17. The quantitative estimate of drug-likeness (QED) is 0.779. The molecule has 1 unspecified atom stereocenters. The Morgan fingerprint density at radius 3 is 2.83 bits per heavy atom. The third-order valence-corrected chi connectivity index (χ3v) is 4.56. The van der Waals surface area contributed by atoms with Gasteiger partial charge in [0.15, 0.2) is 0 Å². The summed E-state index contributed by atoms with van der Waals surface area (Å²) in [6.45, 7) is 4.69. The number of H-pyrrole nitrogens is 1. The fourth-order valence-corrected chi connectivity index (χ4v) is 3.46. The minimum Gasteiger partial charge on any atom is -0.374 e. The number of hydrogen-bond donors (Lipinski definition) is 2. The largest absolute Gasteiger partial charge is 0.374 e. The summed E-state index contributed by atoms with van der Waals surface area (Å²) >= 11 is 0. The molecule has 0 aliphatic carbocycles. The molecule has 24 heavy (non-hydrogen) atoms. The summed E-state index contributed by atoms with van der Waals surface area (Å²) in [6, 6.07) is 10.0. The van der Waals surface area contributed by atoms with E-state index in [9.17, 15) is 4.79 Å². The Kier molecular flexibility index (Phi) is 3.33. The molecule has 1 saturated heterocycles. The summed E-state index contributed by atoms with van der Waals surface area (Å²) < 4.78 is 1.77. The van der Waals surface area contributed by atoms with Crippen molar-refractivity contribution in [2.45, 2.75) is 26.3 Å². The number of aromatic nitrogens is 3. The molecule has 0 saturated carbocycles. The third-order valence-electron chi connectivity index (χ3n) is 4.56. The van der Waals surface area contributed by atoms with Gasteiger partial charge in [-0.15, -0.1) is 0 Å². The van der Waals surface area contributed by atoms with Crippen molar-refractivity contribution >= 4 is 28.3 Å². The molecule has 124 valence electrons. The standard InChI is InChI=1S/C18H21N5O/c1-11-8-13-10-14(4-5-15(13)19-11)20-16-6-7-23(18(16)24)17-9-12(2)21-22(17)3/h4-5,8-10,16,19-20H,6-7H2,1-3H3. The molecule has 1 amide bonds. The lowest BCUT2D eigenvalue weighted by atomic mass is 10.2. The van der Waals surface area contributed by atoms with Crippen LogP contribution in [0.1, 0.15) is 17.8 Å². The maximum atomic E-state index is 12.8. The van der Waals surface area contributed by atoms with E-state index in [1.807, 2.05) is 44.0 Å². The van der Waals surface area contributed by atoms with Gasteiger partial charge >= 0.3 is 0 Å². The highest BCUT2D eigenvalue weighted by molar-refractivity contribution is 6.00. The minimum atomic E-state index is -0.197. The smallest absolute Gasteiger partial charge is 0.250 e. The molecule has 2 N–H and O–H groups in total. The van der Waals surface area contributed by atoms with E-state index in [0.29, 0.717) is 6.54 Å². The molecule has 3 aromatic rings. The Morgan fingerprint density at radius 2 is 2.08 bits per heavy atom. The Balaban J connectivity index is 1.54. The first-order valence-electron chi connectivity index (χ1n) is 8.19. The number of carbonyl (C=O) groups is 1. The van der Waals surface area contributed by atoms with Crippen molar-refractivity contribution in [1.29, 1.82) is 0 Å². The number of rotatable bonds is 3. The zero-order valence-corrected chi connectivity index (χ0v) is 14.1. The summed E-state index contributed by atoms with van der Waals surface area (Å²) in [5, 5.41) is 8.87. The molecular weight excluding hydrogens is 302 g/mol. The van der Waals surface area contributed by atoms with Crippen molar-refractivity contribution in [3.63, 3.8) is 0 Å². The maximum Gasteiger partial charge on any atom is 0.250 e. The summed E-state index contributed by atoms with van der Waals surface area (Å²) in [5.41, 5.74) is 4.15. The van der Waals surface area contributed by atoms with Crippen LogP contribution in [-0.4, -0.2) is 33.3 Å². The van der Waals surface area contributed by atoms with E-state index in [4.69, 9.17) is 0 Å². The van der Waals surface area contributed by atoms with Crippen molar-refractivity contribution in [3.8, 4) is 0 Å². The lowest BCUT2D eigenvalue weighted by molar-refractivity contribution is -0.117. The lowest BCUT2D eigenvalue weighted by Crippen LogP contribution is -2.34. The van der Waals surface area contributed by atoms with Crippen LogP contribution in [0, 0.1) is 13.8 Å². The molecule has 0 radical (unpaired) electrons. The Hall–Kier alpha value is -2.76. The van der Waals surface area contributed by atoms with Gasteiger partial charge in [0.05, 0.1) is 5.69 Å². The monoisotopic (exact) mass is 323 g/mol. The molecule has 6 heteroatoms. The predicted molar refractivity (Wildman–Crippen MR) is 95.4 cm³/mol. The number of aromatic amines is 1. The Labute approximate surface area is 140 Å².